The molecule has 0 saturated heterocycles. The molecule has 1 amide bonds. The Kier molecular flexibility index (Phi) is 6.95. The van der Waals surface area contributed by atoms with Crippen LogP contribution in [0.4, 0.5) is 0 Å². The van der Waals surface area contributed by atoms with Gasteiger partial charge in [0.2, 0.25) is 0 Å². The Hall–Kier alpha value is -2.53. The van der Waals surface area contributed by atoms with Gasteiger partial charge >= 0.3 is 0 Å². The van der Waals surface area contributed by atoms with Crippen LogP contribution in [0.15, 0.2) is 45.7 Å². The summed E-state index contributed by atoms with van der Waals surface area (Å²) in [7, 11) is 0.613. The Morgan fingerprint density at radius 2 is 1.90 bits per heavy atom. The van der Waals surface area contributed by atoms with Crippen LogP contribution in [0, 0.1) is 11.3 Å². The fraction of sp³-hybridized carbons (Fsp3) is 0.417. The van der Waals surface area contributed by atoms with Crippen LogP contribution < -0.4 is 5.14 Å². The van der Waals surface area contributed by atoms with E-state index in [9.17, 15) is 14.3 Å². The van der Waals surface area contributed by atoms with E-state index in [1.807, 2.05) is 57.1 Å². The van der Waals surface area contributed by atoms with E-state index in [1.54, 1.807) is 12.1 Å². The van der Waals surface area contributed by atoms with Crippen molar-refractivity contribution in [3.63, 3.8) is 0 Å². The van der Waals surface area contributed by atoms with Crippen molar-refractivity contribution in [3.8, 4) is 6.07 Å². The molecule has 164 valence electrons. The Labute approximate surface area is 185 Å². The van der Waals surface area contributed by atoms with Gasteiger partial charge in [0.25, 0.3) is 5.91 Å². The highest BCUT2D eigenvalue weighted by atomic mass is 32.2. The normalized spacial score (nSPS) is 15.5. The minimum Gasteiger partial charge on any atom is -0.305 e. The molecular formula is C24H30N4O2S. The van der Waals surface area contributed by atoms with Crippen molar-refractivity contribution in [2.75, 3.05) is 14.1 Å². The molecule has 1 saturated carbocycles. The Bertz CT molecular complexity index is 1110. The molecule has 1 atom stereocenters. The van der Waals surface area contributed by atoms with Gasteiger partial charge in [-0.3, -0.25) is 4.79 Å². The van der Waals surface area contributed by atoms with Gasteiger partial charge in [0.05, 0.1) is 22.9 Å². The molecule has 2 N–H and O–H groups in total. The molecule has 6 nitrogen and oxygen atoms in total. The summed E-state index contributed by atoms with van der Waals surface area (Å²) in [6.07, 6.45) is 2.15. The number of amides is 1. The lowest BCUT2D eigenvalue weighted by molar-refractivity contribution is -0.117. The highest BCUT2D eigenvalue weighted by molar-refractivity contribution is 7.91. The largest absolute Gasteiger partial charge is 0.305 e. The zero-order valence-electron chi connectivity index (χ0n) is 18.6. The van der Waals surface area contributed by atoms with Crippen molar-refractivity contribution in [2.24, 2.45) is 9.50 Å². The van der Waals surface area contributed by atoms with E-state index >= 15 is 0 Å². The van der Waals surface area contributed by atoms with Gasteiger partial charge in [0, 0.05) is 6.54 Å². The van der Waals surface area contributed by atoms with Crippen molar-refractivity contribution in [2.45, 2.75) is 56.4 Å². The number of nitrogens with zero attached hydrogens (tertiary/aromatic N) is 3. The molecule has 7 heteroatoms. The van der Waals surface area contributed by atoms with Crippen LogP contribution >= 0.6 is 0 Å². The van der Waals surface area contributed by atoms with Crippen LogP contribution in [0.3, 0.4) is 0 Å². The Balaban J connectivity index is 1.91. The summed E-state index contributed by atoms with van der Waals surface area (Å²) in [4.78, 5) is 15.2. The number of rotatable bonds is 7. The molecule has 0 heterocycles. The van der Waals surface area contributed by atoms with E-state index in [0.29, 0.717) is 16.4 Å². The van der Waals surface area contributed by atoms with Crippen molar-refractivity contribution >= 4 is 15.8 Å². The zero-order valence-corrected chi connectivity index (χ0v) is 19.4. The molecule has 0 bridgehead atoms. The third-order valence-corrected chi connectivity index (χ3v) is 6.83. The molecule has 1 aliphatic carbocycles. The minimum absolute atomic E-state index is 0.0396. The van der Waals surface area contributed by atoms with Crippen molar-refractivity contribution in [1.82, 2.24) is 4.90 Å². The number of hydrogen-bond donors (Lipinski definition) is 1. The van der Waals surface area contributed by atoms with Crippen LogP contribution in [0.2, 0.25) is 0 Å². The average Bonchev–Trinajstić information content (AvgIpc) is 3.52. The Morgan fingerprint density at radius 1 is 1.26 bits per heavy atom. The van der Waals surface area contributed by atoms with E-state index in [-0.39, 0.29) is 12.3 Å². The second kappa shape index (κ2) is 9.31. The first-order valence-corrected chi connectivity index (χ1v) is 12.1. The van der Waals surface area contributed by atoms with Crippen LogP contribution in [0.25, 0.3) is 0 Å². The highest BCUT2D eigenvalue weighted by Crippen LogP contribution is 2.44. The number of benzene rings is 2. The molecular weight excluding hydrogens is 408 g/mol. The van der Waals surface area contributed by atoms with Gasteiger partial charge in [-0.25, -0.2) is 9.35 Å². The fourth-order valence-corrected chi connectivity index (χ4v) is 4.80. The van der Waals surface area contributed by atoms with Gasteiger partial charge in [-0.1, -0.05) is 26.0 Å². The van der Waals surface area contributed by atoms with Crippen LogP contribution in [0.5, 0.6) is 0 Å². The number of carbonyl (C=O) groups excluding carboxylic acids is 1. The topological polar surface area (TPSA) is 99.5 Å². The number of carbonyl (C=O) groups is 1. The molecule has 0 aliphatic heterocycles. The second-order valence-electron chi connectivity index (χ2n) is 8.79. The molecule has 0 spiro atoms. The van der Waals surface area contributed by atoms with Gasteiger partial charge in [0.1, 0.15) is 9.92 Å². The lowest BCUT2D eigenvalue weighted by Crippen LogP contribution is -2.17. The van der Waals surface area contributed by atoms with E-state index < -0.39 is 15.8 Å². The standard InChI is InChI=1S/C24H30N4O2S/c1-16(2)21-11-18(14-25)12-22(19-7-8-19)23(21)13-24(29)27-31(26,30)20-9-5-17(6-10-20)15-28(3)4/h5-6,9-12,16,19H,7-8,13,15H2,1-4H3,(H2,26,27,29,30)/t31-/m1/s1. The molecule has 2 aromatic carbocycles. The summed E-state index contributed by atoms with van der Waals surface area (Å²) < 4.78 is 16.9. The number of nitrogens with two attached hydrogens (primary N) is 1. The maximum Gasteiger partial charge on any atom is 0.259 e. The summed E-state index contributed by atoms with van der Waals surface area (Å²) in [6.45, 7) is 4.84. The maximum atomic E-state index is 13.0. The van der Waals surface area contributed by atoms with E-state index in [1.165, 1.54) is 0 Å². The lowest BCUT2D eigenvalue weighted by atomic mass is 9.87. The van der Waals surface area contributed by atoms with Gasteiger partial charge in [-0.05, 0) is 85.3 Å². The number of hydrogen-bond acceptors (Lipinski definition) is 4. The molecule has 1 aliphatic rings. The molecule has 2 aromatic rings. The number of nitriles is 1. The molecule has 0 aromatic heterocycles. The van der Waals surface area contributed by atoms with E-state index in [0.717, 1.165) is 41.6 Å². The minimum atomic E-state index is -3.33. The molecule has 0 radical (unpaired) electrons. The summed E-state index contributed by atoms with van der Waals surface area (Å²) in [5.74, 6) is 0.0264. The third kappa shape index (κ3) is 5.79. The summed E-state index contributed by atoms with van der Waals surface area (Å²) in [5.41, 5.74) is 4.59. The Morgan fingerprint density at radius 3 is 2.42 bits per heavy atom. The van der Waals surface area contributed by atoms with Gasteiger partial charge in [-0.2, -0.15) is 5.26 Å². The molecule has 3 rings (SSSR count). The predicted octanol–water partition coefficient (Wildman–Crippen LogP) is 4.09. The average molecular weight is 439 g/mol. The quantitative estimate of drug-likeness (QED) is 0.704. The zero-order chi connectivity index (χ0) is 22.8. The van der Waals surface area contributed by atoms with Gasteiger partial charge in [-0.15, -0.1) is 4.36 Å². The van der Waals surface area contributed by atoms with Crippen LogP contribution in [0.1, 0.15) is 66.3 Å². The van der Waals surface area contributed by atoms with E-state index in [4.69, 9.17) is 5.14 Å². The molecule has 31 heavy (non-hydrogen) atoms. The van der Waals surface area contributed by atoms with Crippen molar-refractivity contribution in [1.29, 1.82) is 5.26 Å². The first kappa shape index (κ1) is 23.1. The van der Waals surface area contributed by atoms with E-state index in [2.05, 4.69) is 10.4 Å². The van der Waals surface area contributed by atoms with Crippen LogP contribution in [-0.4, -0.2) is 29.1 Å². The fourth-order valence-electron chi connectivity index (χ4n) is 3.80. The van der Waals surface area contributed by atoms with Crippen molar-refractivity contribution in [3.05, 3.63) is 64.2 Å². The SMILES string of the molecule is CC(C)c1cc(C#N)cc(C2CC2)c1CC(=O)N=[S@@](N)(=O)c1ccc(CN(C)C)cc1. The smallest absolute Gasteiger partial charge is 0.259 e. The third-order valence-electron chi connectivity index (χ3n) is 5.41. The summed E-state index contributed by atoms with van der Waals surface area (Å²) >= 11 is 0. The summed E-state index contributed by atoms with van der Waals surface area (Å²) in [5, 5.41) is 15.4. The lowest BCUT2D eigenvalue weighted by Gasteiger charge is -2.17. The van der Waals surface area contributed by atoms with Crippen LogP contribution in [-0.2, 0) is 27.7 Å². The van der Waals surface area contributed by atoms with Gasteiger partial charge < -0.3 is 4.90 Å². The molecule has 0 unspecified atom stereocenters. The van der Waals surface area contributed by atoms with Crippen molar-refractivity contribution < 1.29 is 9.00 Å². The first-order chi connectivity index (χ1) is 14.6. The maximum absolute atomic E-state index is 13.0. The first-order valence-electron chi connectivity index (χ1n) is 10.5. The van der Waals surface area contributed by atoms with Gasteiger partial charge in [0.15, 0.2) is 0 Å². The second-order valence-corrected chi connectivity index (χ2v) is 10.6. The highest BCUT2D eigenvalue weighted by Gasteiger charge is 2.29. The summed E-state index contributed by atoms with van der Waals surface area (Å²) in [6, 6.07) is 13.0. The monoisotopic (exact) mass is 438 g/mol. The predicted molar refractivity (Wildman–Crippen MR) is 123 cm³/mol. The molecule has 1 fully saturated rings.